The summed E-state index contributed by atoms with van der Waals surface area (Å²) in [7, 11) is 0. The molecule has 2 N–H and O–H groups in total. The van der Waals surface area contributed by atoms with E-state index in [4.69, 9.17) is 5.73 Å². The van der Waals surface area contributed by atoms with Crippen molar-refractivity contribution in [3.63, 3.8) is 0 Å². The lowest BCUT2D eigenvalue weighted by molar-refractivity contribution is 1.63. The lowest BCUT2D eigenvalue weighted by Gasteiger charge is -2.10. The van der Waals surface area contributed by atoms with Crippen LogP contribution in [-0.4, -0.2) is 0 Å². The van der Waals surface area contributed by atoms with E-state index in [1.54, 1.807) is 0 Å². The average Bonchev–Trinajstić information content (AvgIpc) is 2.41. The summed E-state index contributed by atoms with van der Waals surface area (Å²) < 4.78 is 1.11. The van der Waals surface area contributed by atoms with Gasteiger partial charge in [0.2, 0.25) is 0 Å². The second-order valence-electron chi connectivity index (χ2n) is 4.23. The van der Waals surface area contributed by atoms with E-state index in [9.17, 15) is 0 Å². The zero-order valence-electron chi connectivity index (χ0n) is 9.73. The molecule has 0 spiro atoms. The second-order valence-corrected chi connectivity index (χ2v) is 5.08. The summed E-state index contributed by atoms with van der Waals surface area (Å²) in [6, 6.07) is 20.5. The van der Waals surface area contributed by atoms with Crippen LogP contribution in [0.15, 0.2) is 65.1 Å². The van der Waals surface area contributed by atoms with E-state index in [0.717, 1.165) is 15.7 Å². The molecule has 0 saturated carbocycles. The van der Waals surface area contributed by atoms with Gasteiger partial charge in [0.05, 0.1) is 0 Å². The number of hydrogen-bond acceptors (Lipinski definition) is 1. The van der Waals surface area contributed by atoms with Crippen molar-refractivity contribution in [2.75, 3.05) is 5.73 Å². The fourth-order valence-electron chi connectivity index (χ4n) is 2.24. The van der Waals surface area contributed by atoms with Gasteiger partial charge in [-0.15, -0.1) is 0 Å². The van der Waals surface area contributed by atoms with Crippen LogP contribution in [0.25, 0.3) is 21.9 Å². The monoisotopic (exact) mass is 297 g/mol. The number of nitrogens with two attached hydrogens (primary N) is 1. The molecule has 0 unspecified atom stereocenters. The Bertz CT molecular complexity index is 719. The zero-order valence-corrected chi connectivity index (χ0v) is 11.3. The van der Waals surface area contributed by atoms with Crippen LogP contribution in [0.4, 0.5) is 5.69 Å². The van der Waals surface area contributed by atoms with E-state index < -0.39 is 0 Å². The molecule has 2 heteroatoms. The molecule has 0 radical (unpaired) electrons. The Hall–Kier alpha value is -1.80. The molecule has 0 atom stereocenters. The maximum absolute atomic E-state index is 6.07. The van der Waals surface area contributed by atoms with Crippen LogP contribution in [0.5, 0.6) is 0 Å². The highest BCUT2D eigenvalue weighted by Crippen LogP contribution is 2.35. The number of nitrogen functional groups attached to an aromatic ring is 1. The molecule has 0 saturated heterocycles. The van der Waals surface area contributed by atoms with Crippen LogP contribution < -0.4 is 5.73 Å². The van der Waals surface area contributed by atoms with Crippen molar-refractivity contribution in [3.8, 4) is 11.1 Å². The van der Waals surface area contributed by atoms with Crippen LogP contribution in [0.2, 0.25) is 0 Å². The largest absolute Gasteiger partial charge is 0.398 e. The Morgan fingerprint density at radius 1 is 0.667 bits per heavy atom. The molecule has 0 aliphatic carbocycles. The molecule has 0 fully saturated rings. The van der Waals surface area contributed by atoms with Gasteiger partial charge in [-0.05, 0) is 28.5 Å². The number of para-hydroxylation sites is 1. The summed E-state index contributed by atoms with van der Waals surface area (Å²) in [5, 5.41) is 2.42. The van der Waals surface area contributed by atoms with Gasteiger partial charge in [-0.3, -0.25) is 0 Å². The quantitative estimate of drug-likeness (QED) is 0.638. The molecule has 0 aliphatic heterocycles. The summed E-state index contributed by atoms with van der Waals surface area (Å²) in [4.78, 5) is 0. The third kappa shape index (κ3) is 1.79. The first-order valence-corrected chi connectivity index (χ1v) is 6.59. The second kappa shape index (κ2) is 4.46. The number of benzene rings is 3. The minimum absolute atomic E-state index is 0.810. The third-order valence-electron chi connectivity index (χ3n) is 3.12. The molecular weight excluding hydrogens is 286 g/mol. The molecule has 18 heavy (non-hydrogen) atoms. The van der Waals surface area contributed by atoms with Crippen LogP contribution >= 0.6 is 15.9 Å². The van der Waals surface area contributed by atoms with E-state index in [-0.39, 0.29) is 0 Å². The number of rotatable bonds is 1. The van der Waals surface area contributed by atoms with Crippen molar-refractivity contribution in [2.24, 2.45) is 0 Å². The standard InChI is InChI=1S/C16H12BrN/c17-15-10-9-12(11-5-1-2-6-13(11)15)14-7-3-4-8-16(14)18/h1-10H,18H2. The summed E-state index contributed by atoms with van der Waals surface area (Å²) in [6.45, 7) is 0. The predicted octanol–water partition coefficient (Wildman–Crippen LogP) is 4.85. The highest BCUT2D eigenvalue weighted by molar-refractivity contribution is 9.10. The molecular formula is C16H12BrN. The van der Waals surface area contributed by atoms with E-state index >= 15 is 0 Å². The van der Waals surface area contributed by atoms with Crippen LogP contribution in [0, 0.1) is 0 Å². The van der Waals surface area contributed by atoms with Crippen molar-refractivity contribution in [2.45, 2.75) is 0 Å². The van der Waals surface area contributed by atoms with Crippen LogP contribution in [0.1, 0.15) is 0 Å². The molecule has 0 heterocycles. The predicted molar refractivity (Wildman–Crippen MR) is 81.5 cm³/mol. The summed E-state index contributed by atoms with van der Waals surface area (Å²) in [6.07, 6.45) is 0. The smallest absolute Gasteiger partial charge is 0.0393 e. The zero-order chi connectivity index (χ0) is 12.5. The van der Waals surface area contributed by atoms with Gasteiger partial charge in [-0.25, -0.2) is 0 Å². The van der Waals surface area contributed by atoms with Crippen molar-refractivity contribution in [3.05, 3.63) is 65.1 Å². The minimum Gasteiger partial charge on any atom is -0.398 e. The molecule has 0 bridgehead atoms. The first-order valence-electron chi connectivity index (χ1n) is 5.79. The lowest BCUT2D eigenvalue weighted by Crippen LogP contribution is -1.90. The molecule has 3 aromatic rings. The molecule has 0 amide bonds. The van der Waals surface area contributed by atoms with E-state index in [1.807, 2.05) is 24.3 Å². The number of anilines is 1. The van der Waals surface area contributed by atoms with Gasteiger partial charge in [0.25, 0.3) is 0 Å². The van der Waals surface area contributed by atoms with Gasteiger partial charge in [0.15, 0.2) is 0 Å². The Morgan fingerprint density at radius 3 is 2.11 bits per heavy atom. The normalized spacial score (nSPS) is 10.7. The fraction of sp³-hybridized carbons (Fsp3) is 0. The Kier molecular flexibility index (Phi) is 2.80. The van der Waals surface area contributed by atoms with Crippen molar-refractivity contribution < 1.29 is 0 Å². The molecule has 0 aromatic heterocycles. The summed E-state index contributed by atoms with van der Waals surface area (Å²) >= 11 is 3.59. The summed E-state index contributed by atoms with van der Waals surface area (Å²) in [5.41, 5.74) is 9.14. The number of hydrogen-bond donors (Lipinski definition) is 1. The highest BCUT2D eigenvalue weighted by atomic mass is 79.9. The average molecular weight is 298 g/mol. The van der Waals surface area contributed by atoms with Crippen molar-refractivity contribution >= 4 is 32.4 Å². The summed E-state index contributed by atoms with van der Waals surface area (Å²) in [5.74, 6) is 0. The van der Waals surface area contributed by atoms with Gasteiger partial charge in [-0.2, -0.15) is 0 Å². The minimum atomic E-state index is 0.810. The highest BCUT2D eigenvalue weighted by Gasteiger charge is 2.07. The van der Waals surface area contributed by atoms with E-state index in [1.165, 1.54) is 16.3 Å². The molecule has 3 aromatic carbocycles. The maximum atomic E-state index is 6.07. The van der Waals surface area contributed by atoms with Gasteiger partial charge < -0.3 is 5.73 Å². The van der Waals surface area contributed by atoms with Gasteiger partial charge >= 0.3 is 0 Å². The molecule has 88 valence electrons. The third-order valence-corrected chi connectivity index (χ3v) is 3.81. The first-order chi connectivity index (χ1) is 8.77. The van der Waals surface area contributed by atoms with Gasteiger partial charge in [-0.1, -0.05) is 64.5 Å². The fourth-order valence-corrected chi connectivity index (χ4v) is 2.72. The van der Waals surface area contributed by atoms with Crippen molar-refractivity contribution in [1.29, 1.82) is 0 Å². The molecule has 1 nitrogen and oxygen atoms in total. The molecule has 0 aliphatic rings. The SMILES string of the molecule is Nc1ccccc1-c1ccc(Br)c2ccccc12. The van der Waals surface area contributed by atoms with Crippen LogP contribution in [-0.2, 0) is 0 Å². The van der Waals surface area contributed by atoms with Gasteiger partial charge in [0.1, 0.15) is 0 Å². The Morgan fingerprint density at radius 2 is 1.33 bits per heavy atom. The Labute approximate surface area is 114 Å². The Balaban J connectivity index is 2.38. The number of halogens is 1. The molecule has 3 rings (SSSR count). The van der Waals surface area contributed by atoms with Crippen LogP contribution in [0.3, 0.4) is 0 Å². The van der Waals surface area contributed by atoms with E-state index in [0.29, 0.717) is 0 Å². The topological polar surface area (TPSA) is 26.0 Å². The number of fused-ring (bicyclic) bond motifs is 1. The lowest BCUT2D eigenvalue weighted by atomic mass is 9.97. The van der Waals surface area contributed by atoms with Gasteiger partial charge in [0, 0.05) is 15.7 Å². The first kappa shape index (κ1) is 11.3. The van der Waals surface area contributed by atoms with Crippen molar-refractivity contribution in [1.82, 2.24) is 0 Å². The van der Waals surface area contributed by atoms with E-state index in [2.05, 4.69) is 52.3 Å². The maximum Gasteiger partial charge on any atom is 0.0393 e.